The van der Waals surface area contributed by atoms with Gasteiger partial charge in [-0.05, 0) is 19.3 Å². The van der Waals surface area contributed by atoms with Crippen molar-refractivity contribution >= 4 is 5.97 Å². The highest BCUT2D eigenvalue weighted by Crippen LogP contribution is 2.16. The van der Waals surface area contributed by atoms with Gasteiger partial charge in [-0.1, -0.05) is 30.9 Å². The molecule has 0 aromatic rings. The molecule has 0 saturated heterocycles. The number of hydrogen-bond acceptors (Lipinski definition) is 2. The van der Waals surface area contributed by atoms with E-state index in [9.17, 15) is 4.79 Å². The number of methoxy groups -OCH3 is 1. The Bertz CT molecular complexity index is 228. The second kappa shape index (κ2) is 7.13. The number of rotatable bonds is 7. The molecule has 2 heteroatoms. The molecule has 0 aliphatic heterocycles. The van der Waals surface area contributed by atoms with Crippen LogP contribution in [0.3, 0.4) is 0 Å². The van der Waals surface area contributed by atoms with Gasteiger partial charge in [-0.2, -0.15) is 0 Å². The quantitative estimate of drug-likeness (QED) is 0.354. The molecule has 0 spiro atoms. The normalized spacial score (nSPS) is 11.5. The van der Waals surface area contributed by atoms with E-state index in [2.05, 4.69) is 24.5 Å². The molecule has 0 aliphatic rings. The molecule has 1 unspecified atom stereocenters. The van der Waals surface area contributed by atoms with Crippen LogP contribution in [-0.4, -0.2) is 13.1 Å². The highest BCUT2D eigenvalue weighted by atomic mass is 16.5. The zero-order chi connectivity index (χ0) is 11.0. The van der Waals surface area contributed by atoms with Crippen molar-refractivity contribution in [2.75, 3.05) is 7.11 Å². The summed E-state index contributed by atoms with van der Waals surface area (Å²) in [5, 5.41) is 0. The highest BCUT2D eigenvalue weighted by Gasteiger charge is 2.16. The van der Waals surface area contributed by atoms with Crippen LogP contribution in [0.5, 0.6) is 0 Å². The van der Waals surface area contributed by atoms with Crippen molar-refractivity contribution in [1.29, 1.82) is 0 Å². The first-order valence-electron chi connectivity index (χ1n) is 4.64. The van der Waals surface area contributed by atoms with Crippen molar-refractivity contribution in [3.8, 4) is 0 Å². The number of carbonyl (C=O) groups excluding carboxylic acids is 1. The molecule has 78 valence electrons. The molecule has 0 amide bonds. The summed E-state index contributed by atoms with van der Waals surface area (Å²) >= 11 is 0. The van der Waals surface area contributed by atoms with Crippen LogP contribution in [0.4, 0.5) is 0 Å². The summed E-state index contributed by atoms with van der Waals surface area (Å²) in [6.45, 7) is 11.0. The van der Waals surface area contributed by atoms with E-state index in [1.54, 1.807) is 12.2 Å². The van der Waals surface area contributed by atoms with E-state index in [1.165, 1.54) is 7.11 Å². The van der Waals surface area contributed by atoms with Crippen molar-refractivity contribution < 1.29 is 9.53 Å². The lowest BCUT2D eigenvalue weighted by Gasteiger charge is -2.11. The minimum absolute atomic E-state index is 0.103. The van der Waals surface area contributed by atoms with E-state index in [-0.39, 0.29) is 11.9 Å². The van der Waals surface area contributed by atoms with Gasteiger partial charge < -0.3 is 4.74 Å². The van der Waals surface area contributed by atoms with Crippen LogP contribution < -0.4 is 0 Å². The van der Waals surface area contributed by atoms with Gasteiger partial charge in [0.1, 0.15) is 0 Å². The molecular formula is C12H18O2. The van der Waals surface area contributed by atoms with Crippen molar-refractivity contribution in [2.45, 2.75) is 19.3 Å². The SMILES string of the molecule is C=CCC(CCC(=C)C=C)C(=O)OC. The van der Waals surface area contributed by atoms with Gasteiger partial charge in [-0.3, -0.25) is 4.79 Å². The Morgan fingerprint density at radius 3 is 2.57 bits per heavy atom. The van der Waals surface area contributed by atoms with E-state index in [4.69, 9.17) is 0 Å². The van der Waals surface area contributed by atoms with E-state index >= 15 is 0 Å². The molecular weight excluding hydrogens is 176 g/mol. The van der Waals surface area contributed by atoms with Gasteiger partial charge in [-0.25, -0.2) is 0 Å². The monoisotopic (exact) mass is 194 g/mol. The number of ether oxygens (including phenoxy) is 1. The Balaban J connectivity index is 4.08. The third kappa shape index (κ3) is 4.65. The average Bonchev–Trinajstić information content (AvgIpc) is 2.22. The fourth-order valence-corrected chi connectivity index (χ4v) is 1.16. The van der Waals surface area contributed by atoms with Crippen molar-refractivity contribution in [3.05, 3.63) is 37.5 Å². The molecule has 0 aliphatic carbocycles. The van der Waals surface area contributed by atoms with Crippen LogP contribution in [-0.2, 0) is 9.53 Å². The van der Waals surface area contributed by atoms with Crippen molar-refractivity contribution in [1.82, 2.24) is 0 Å². The molecule has 0 radical (unpaired) electrons. The summed E-state index contributed by atoms with van der Waals surface area (Å²) in [7, 11) is 1.40. The Hall–Kier alpha value is -1.31. The minimum Gasteiger partial charge on any atom is -0.469 e. The Labute approximate surface area is 86.0 Å². The molecule has 2 nitrogen and oxygen atoms in total. The lowest BCUT2D eigenvalue weighted by atomic mass is 9.97. The van der Waals surface area contributed by atoms with E-state index < -0.39 is 0 Å². The van der Waals surface area contributed by atoms with E-state index in [1.807, 2.05) is 0 Å². The maximum Gasteiger partial charge on any atom is 0.308 e. The number of allylic oxidation sites excluding steroid dienone is 3. The fraction of sp³-hybridized carbons (Fsp3) is 0.417. The molecule has 1 atom stereocenters. The van der Waals surface area contributed by atoms with Gasteiger partial charge in [-0.15, -0.1) is 6.58 Å². The Kier molecular flexibility index (Phi) is 6.46. The lowest BCUT2D eigenvalue weighted by molar-refractivity contribution is -0.145. The fourth-order valence-electron chi connectivity index (χ4n) is 1.16. The third-order valence-corrected chi connectivity index (χ3v) is 2.09. The second-order valence-corrected chi connectivity index (χ2v) is 3.15. The zero-order valence-electron chi connectivity index (χ0n) is 8.79. The maximum atomic E-state index is 11.3. The Morgan fingerprint density at radius 2 is 2.14 bits per heavy atom. The number of hydrogen-bond donors (Lipinski definition) is 0. The van der Waals surface area contributed by atoms with Gasteiger partial charge in [0.25, 0.3) is 0 Å². The van der Waals surface area contributed by atoms with Gasteiger partial charge in [0.05, 0.1) is 13.0 Å². The first-order chi connectivity index (χ1) is 6.65. The van der Waals surface area contributed by atoms with Gasteiger partial charge in [0.15, 0.2) is 0 Å². The third-order valence-electron chi connectivity index (χ3n) is 2.09. The minimum atomic E-state index is -0.179. The summed E-state index contributed by atoms with van der Waals surface area (Å²) < 4.78 is 4.69. The molecule has 14 heavy (non-hydrogen) atoms. The molecule has 0 aromatic heterocycles. The first-order valence-corrected chi connectivity index (χ1v) is 4.64. The average molecular weight is 194 g/mol. The van der Waals surface area contributed by atoms with Crippen LogP contribution >= 0.6 is 0 Å². The van der Waals surface area contributed by atoms with Crippen LogP contribution in [0, 0.1) is 5.92 Å². The maximum absolute atomic E-state index is 11.3. The molecule has 0 fully saturated rings. The summed E-state index contributed by atoms with van der Waals surface area (Å²) in [6, 6.07) is 0. The molecule has 0 saturated carbocycles. The van der Waals surface area contributed by atoms with Crippen LogP contribution in [0.1, 0.15) is 19.3 Å². The Morgan fingerprint density at radius 1 is 1.50 bits per heavy atom. The van der Waals surface area contributed by atoms with Crippen LogP contribution in [0.25, 0.3) is 0 Å². The molecule has 0 bridgehead atoms. The second-order valence-electron chi connectivity index (χ2n) is 3.15. The summed E-state index contributed by atoms with van der Waals surface area (Å²) in [6.07, 6.45) is 5.61. The van der Waals surface area contributed by atoms with Crippen molar-refractivity contribution in [2.24, 2.45) is 5.92 Å². The number of carbonyl (C=O) groups is 1. The van der Waals surface area contributed by atoms with E-state index in [0.717, 1.165) is 18.4 Å². The molecule has 0 rings (SSSR count). The standard InChI is InChI=1S/C12H18O2/c1-5-7-11(12(13)14-4)9-8-10(3)6-2/h5-6,11H,1-3,7-9H2,4H3. The van der Waals surface area contributed by atoms with Gasteiger partial charge in [0.2, 0.25) is 0 Å². The lowest BCUT2D eigenvalue weighted by Crippen LogP contribution is -2.15. The molecule has 0 aromatic carbocycles. The summed E-state index contributed by atoms with van der Waals surface area (Å²) in [4.78, 5) is 11.3. The predicted molar refractivity (Wildman–Crippen MR) is 58.9 cm³/mol. The first kappa shape index (κ1) is 12.7. The van der Waals surface area contributed by atoms with Gasteiger partial charge >= 0.3 is 5.97 Å². The smallest absolute Gasteiger partial charge is 0.308 e. The topological polar surface area (TPSA) is 26.3 Å². The van der Waals surface area contributed by atoms with Crippen LogP contribution in [0.15, 0.2) is 37.5 Å². The summed E-state index contributed by atoms with van der Waals surface area (Å²) in [5.41, 5.74) is 0.947. The predicted octanol–water partition coefficient (Wildman–Crippen LogP) is 2.87. The van der Waals surface area contributed by atoms with Crippen LogP contribution in [0.2, 0.25) is 0 Å². The van der Waals surface area contributed by atoms with Gasteiger partial charge in [0, 0.05) is 0 Å². The molecule has 0 heterocycles. The largest absolute Gasteiger partial charge is 0.469 e. The number of esters is 1. The van der Waals surface area contributed by atoms with E-state index in [0.29, 0.717) is 6.42 Å². The molecule has 0 N–H and O–H groups in total. The van der Waals surface area contributed by atoms with Crippen molar-refractivity contribution in [3.63, 3.8) is 0 Å². The zero-order valence-corrected chi connectivity index (χ0v) is 8.79. The highest BCUT2D eigenvalue weighted by molar-refractivity contribution is 5.72. The summed E-state index contributed by atoms with van der Waals surface area (Å²) in [5.74, 6) is -0.282.